The van der Waals surface area contributed by atoms with Gasteiger partial charge in [0, 0.05) is 27.2 Å². The van der Waals surface area contributed by atoms with E-state index in [-0.39, 0.29) is 12.2 Å². The second-order valence-corrected chi connectivity index (χ2v) is 6.17. The second-order valence-electron chi connectivity index (χ2n) is 6.17. The van der Waals surface area contributed by atoms with Crippen molar-refractivity contribution in [2.45, 2.75) is 38.8 Å². The molecule has 8 heteroatoms. The van der Waals surface area contributed by atoms with E-state index in [1.807, 2.05) is 26.0 Å². The number of guanidine groups is 1. The highest BCUT2D eigenvalue weighted by Crippen LogP contribution is 2.15. The molecule has 0 aliphatic rings. The van der Waals surface area contributed by atoms with Gasteiger partial charge in [-0.25, -0.2) is 0 Å². The molecule has 0 atom stereocenters. The van der Waals surface area contributed by atoms with Crippen LogP contribution in [0.1, 0.15) is 25.0 Å². The first-order valence-corrected chi connectivity index (χ1v) is 7.87. The van der Waals surface area contributed by atoms with Gasteiger partial charge in [-0.2, -0.15) is 13.2 Å². The van der Waals surface area contributed by atoms with E-state index in [1.54, 1.807) is 26.3 Å². The van der Waals surface area contributed by atoms with Gasteiger partial charge in [0.05, 0.1) is 12.2 Å². The lowest BCUT2D eigenvalue weighted by Crippen LogP contribution is -2.45. The lowest BCUT2D eigenvalue weighted by molar-refractivity contribution is -0.176. The minimum absolute atomic E-state index is 0.0669. The Bertz CT molecular complexity index is 543. The summed E-state index contributed by atoms with van der Waals surface area (Å²) in [4.78, 5) is 4.13. The van der Waals surface area contributed by atoms with Crippen LogP contribution in [0, 0.1) is 0 Å². The van der Waals surface area contributed by atoms with E-state index in [9.17, 15) is 13.2 Å². The summed E-state index contributed by atoms with van der Waals surface area (Å²) in [7, 11) is 3.33. The highest BCUT2D eigenvalue weighted by Gasteiger charge is 2.27. The van der Waals surface area contributed by atoms with Crippen molar-refractivity contribution in [2.24, 2.45) is 4.99 Å². The average Bonchev–Trinajstić information content (AvgIpc) is 2.55. The smallest absolute Gasteiger partial charge is 0.377 e. The Morgan fingerprint density at radius 2 is 1.68 bits per heavy atom. The topological polar surface area (TPSA) is 54.9 Å². The lowest BCUT2D eigenvalue weighted by atomic mass is 10.1. The van der Waals surface area contributed by atoms with Crippen LogP contribution in [0.15, 0.2) is 29.3 Å². The standard InChI is InChI=1S/C17H26F3N3O2/c1-16(2,24-4)11-23-15(21-3)22-9-13-5-7-14(8-6-13)10-25-12-17(18,19)20/h5-8H,9-12H2,1-4H3,(H2,21,22,23). The van der Waals surface area contributed by atoms with Crippen molar-refractivity contribution in [3.63, 3.8) is 0 Å². The van der Waals surface area contributed by atoms with E-state index >= 15 is 0 Å². The van der Waals surface area contributed by atoms with Crippen molar-refractivity contribution in [1.29, 1.82) is 0 Å². The molecule has 0 saturated heterocycles. The van der Waals surface area contributed by atoms with Gasteiger partial charge < -0.3 is 20.1 Å². The molecule has 5 nitrogen and oxygen atoms in total. The van der Waals surface area contributed by atoms with Gasteiger partial charge in [-0.1, -0.05) is 24.3 Å². The van der Waals surface area contributed by atoms with Crippen LogP contribution in [0.2, 0.25) is 0 Å². The molecule has 0 saturated carbocycles. The highest BCUT2D eigenvalue weighted by molar-refractivity contribution is 5.79. The van der Waals surface area contributed by atoms with Gasteiger partial charge in [-0.3, -0.25) is 4.99 Å². The normalized spacial score (nSPS) is 13.0. The maximum Gasteiger partial charge on any atom is 0.411 e. The number of hydrogen-bond donors (Lipinski definition) is 2. The summed E-state index contributed by atoms with van der Waals surface area (Å²) in [5.74, 6) is 0.641. The first kappa shape index (κ1) is 21.2. The second kappa shape index (κ2) is 9.62. The van der Waals surface area contributed by atoms with Crippen LogP contribution in [-0.2, 0) is 22.6 Å². The molecule has 1 aromatic carbocycles. The summed E-state index contributed by atoms with van der Waals surface area (Å²) in [5.41, 5.74) is 1.36. The molecule has 0 aromatic heterocycles. The molecule has 1 aromatic rings. The molecule has 25 heavy (non-hydrogen) atoms. The van der Waals surface area contributed by atoms with Crippen molar-refractivity contribution >= 4 is 5.96 Å². The fourth-order valence-corrected chi connectivity index (χ4v) is 1.81. The van der Waals surface area contributed by atoms with Gasteiger partial charge in [0.25, 0.3) is 0 Å². The third-order valence-electron chi connectivity index (χ3n) is 3.48. The predicted molar refractivity (Wildman–Crippen MR) is 91.4 cm³/mol. The molecular weight excluding hydrogens is 335 g/mol. The number of nitrogens with zero attached hydrogens (tertiary/aromatic N) is 1. The molecule has 1 rings (SSSR count). The summed E-state index contributed by atoms with van der Waals surface area (Å²) >= 11 is 0. The first-order valence-electron chi connectivity index (χ1n) is 7.87. The van der Waals surface area contributed by atoms with Gasteiger partial charge in [0.1, 0.15) is 6.61 Å². The molecule has 0 amide bonds. The van der Waals surface area contributed by atoms with Gasteiger partial charge in [0.2, 0.25) is 0 Å². The summed E-state index contributed by atoms with van der Waals surface area (Å²) in [6, 6.07) is 7.17. The summed E-state index contributed by atoms with van der Waals surface area (Å²) in [6.45, 7) is 3.76. The number of aliphatic imine (C=N–C) groups is 1. The molecule has 2 N–H and O–H groups in total. The van der Waals surface area contributed by atoms with Crippen LogP contribution in [-0.4, -0.2) is 45.0 Å². The van der Waals surface area contributed by atoms with Gasteiger partial charge >= 0.3 is 6.18 Å². The molecule has 0 aliphatic heterocycles. The van der Waals surface area contributed by atoms with Crippen LogP contribution in [0.4, 0.5) is 13.2 Å². The molecule has 0 aliphatic carbocycles. The fourth-order valence-electron chi connectivity index (χ4n) is 1.81. The molecule has 0 bridgehead atoms. The van der Waals surface area contributed by atoms with Crippen molar-refractivity contribution < 1.29 is 22.6 Å². The van der Waals surface area contributed by atoms with Crippen LogP contribution in [0.5, 0.6) is 0 Å². The fraction of sp³-hybridized carbons (Fsp3) is 0.588. The number of benzene rings is 1. The zero-order valence-corrected chi connectivity index (χ0v) is 15.0. The van der Waals surface area contributed by atoms with Gasteiger partial charge in [0.15, 0.2) is 5.96 Å². The number of methoxy groups -OCH3 is 1. The number of alkyl halides is 3. The van der Waals surface area contributed by atoms with E-state index in [1.165, 1.54) is 0 Å². The SMILES string of the molecule is CN=C(NCc1ccc(COCC(F)(F)F)cc1)NCC(C)(C)OC. The van der Waals surface area contributed by atoms with E-state index < -0.39 is 12.8 Å². The van der Waals surface area contributed by atoms with Crippen LogP contribution >= 0.6 is 0 Å². The molecule has 0 unspecified atom stereocenters. The predicted octanol–water partition coefficient (Wildman–Crippen LogP) is 2.86. The maximum absolute atomic E-state index is 12.0. The van der Waals surface area contributed by atoms with Crippen LogP contribution < -0.4 is 10.6 Å². The molecule has 0 radical (unpaired) electrons. The Labute approximate surface area is 146 Å². The minimum Gasteiger partial charge on any atom is -0.377 e. The average molecular weight is 361 g/mol. The Morgan fingerprint density at radius 1 is 1.08 bits per heavy atom. The summed E-state index contributed by atoms with van der Waals surface area (Å²) < 4.78 is 46.1. The van der Waals surface area contributed by atoms with E-state index in [2.05, 4.69) is 20.4 Å². The monoisotopic (exact) mass is 361 g/mol. The first-order chi connectivity index (χ1) is 11.6. The summed E-state index contributed by atoms with van der Waals surface area (Å²) in [5, 5.41) is 6.34. The Hall–Kier alpha value is -1.80. The molecule has 0 heterocycles. The van der Waals surface area contributed by atoms with Gasteiger partial charge in [-0.15, -0.1) is 0 Å². The van der Waals surface area contributed by atoms with E-state index in [0.29, 0.717) is 24.6 Å². The third kappa shape index (κ3) is 9.31. The number of rotatable bonds is 8. The Balaban J connectivity index is 2.41. The Kier molecular flexibility index (Phi) is 8.18. The number of hydrogen-bond acceptors (Lipinski definition) is 3. The van der Waals surface area contributed by atoms with Crippen LogP contribution in [0.3, 0.4) is 0 Å². The maximum atomic E-state index is 12.0. The lowest BCUT2D eigenvalue weighted by Gasteiger charge is -2.24. The number of halogens is 3. The van der Waals surface area contributed by atoms with Crippen LogP contribution in [0.25, 0.3) is 0 Å². The van der Waals surface area contributed by atoms with Crippen molar-refractivity contribution in [3.8, 4) is 0 Å². The summed E-state index contributed by atoms with van der Waals surface area (Å²) in [6.07, 6.45) is -4.30. The number of nitrogens with one attached hydrogen (secondary N) is 2. The highest BCUT2D eigenvalue weighted by atomic mass is 19.4. The minimum atomic E-state index is -4.30. The Morgan fingerprint density at radius 3 is 2.20 bits per heavy atom. The molecular formula is C17H26F3N3O2. The van der Waals surface area contributed by atoms with Crippen molar-refractivity contribution in [2.75, 3.05) is 27.3 Å². The molecule has 0 fully saturated rings. The van der Waals surface area contributed by atoms with E-state index in [0.717, 1.165) is 5.56 Å². The third-order valence-corrected chi connectivity index (χ3v) is 3.48. The molecule has 0 spiro atoms. The zero-order valence-electron chi connectivity index (χ0n) is 15.0. The molecule has 142 valence electrons. The van der Waals surface area contributed by atoms with Crippen molar-refractivity contribution in [3.05, 3.63) is 35.4 Å². The van der Waals surface area contributed by atoms with Crippen molar-refractivity contribution in [1.82, 2.24) is 10.6 Å². The quantitative estimate of drug-likeness (QED) is 0.552. The number of ether oxygens (including phenoxy) is 2. The zero-order chi connectivity index (χ0) is 18.9. The van der Waals surface area contributed by atoms with Gasteiger partial charge in [-0.05, 0) is 25.0 Å². The van der Waals surface area contributed by atoms with E-state index in [4.69, 9.17) is 4.74 Å². The largest absolute Gasteiger partial charge is 0.411 e.